The zero-order valence-electron chi connectivity index (χ0n) is 12.4. The third kappa shape index (κ3) is 11.9. The molecule has 20 heavy (non-hydrogen) atoms. The van der Waals surface area contributed by atoms with E-state index in [2.05, 4.69) is 4.74 Å². The van der Waals surface area contributed by atoms with E-state index >= 15 is 0 Å². The summed E-state index contributed by atoms with van der Waals surface area (Å²) in [6.07, 6.45) is 2.93. The minimum atomic E-state index is -0.909. The van der Waals surface area contributed by atoms with Crippen molar-refractivity contribution in [2.75, 3.05) is 20.3 Å². The maximum absolute atomic E-state index is 11.4. The molecule has 0 rings (SSSR count). The standard InChI is InChI=1S/C14H26O6/c1-3-4-10-19-13(16)8-9-14(17)20-11-6-5-7-12(15)18-2/h13,16H,3-11H2,1-2H3. The van der Waals surface area contributed by atoms with E-state index in [0.717, 1.165) is 12.8 Å². The molecule has 0 aromatic carbocycles. The highest BCUT2D eigenvalue weighted by Gasteiger charge is 2.09. The lowest BCUT2D eigenvalue weighted by Crippen LogP contribution is -2.16. The maximum Gasteiger partial charge on any atom is 0.305 e. The van der Waals surface area contributed by atoms with Gasteiger partial charge in [-0.25, -0.2) is 0 Å². The molecule has 0 fully saturated rings. The number of rotatable bonds is 12. The molecule has 1 unspecified atom stereocenters. The fourth-order valence-electron chi connectivity index (χ4n) is 1.42. The fraction of sp³-hybridized carbons (Fsp3) is 0.857. The van der Waals surface area contributed by atoms with Gasteiger partial charge in [-0.15, -0.1) is 0 Å². The second-order valence-electron chi connectivity index (χ2n) is 4.47. The first-order valence-corrected chi connectivity index (χ1v) is 7.12. The molecule has 0 aromatic rings. The van der Waals surface area contributed by atoms with Gasteiger partial charge in [-0.1, -0.05) is 13.3 Å². The van der Waals surface area contributed by atoms with Crippen molar-refractivity contribution in [3.05, 3.63) is 0 Å². The number of hydrogen-bond acceptors (Lipinski definition) is 6. The molecule has 0 spiro atoms. The Kier molecular flexibility index (Phi) is 12.1. The molecule has 0 bridgehead atoms. The van der Waals surface area contributed by atoms with E-state index in [0.29, 0.717) is 25.9 Å². The largest absolute Gasteiger partial charge is 0.469 e. The van der Waals surface area contributed by atoms with Gasteiger partial charge < -0.3 is 19.3 Å². The molecule has 0 saturated heterocycles. The molecule has 0 aliphatic rings. The molecule has 6 heteroatoms. The third-order valence-electron chi connectivity index (χ3n) is 2.67. The number of carbonyl (C=O) groups excluding carboxylic acids is 2. The highest BCUT2D eigenvalue weighted by Crippen LogP contribution is 2.04. The van der Waals surface area contributed by atoms with Crippen LogP contribution >= 0.6 is 0 Å². The van der Waals surface area contributed by atoms with Gasteiger partial charge in [0, 0.05) is 19.4 Å². The minimum absolute atomic E-state index is 0.129. The van der Waals surface area contributed by atoms with Crippen molar-refractivity contribution < 1.29 is 28.9 Å². The molecule has 0 aliphatic carbocycles. The quantitative estimate of drug-likeness (QED) is 0.335. The number of hydrogen-bond donors (Lipinski definition) is 1. The Morgan fingerprint density at radius 2 is 1.80 bits per heavy atom. The molecular weight excluding hydrogens is 264 g/mol. The molecule has 1 N–H and O–H groups in total. The predicted octanol–water partition coefficient (Wildman–Crippen LogP) is 1.79. The van der Waals surface area contributed by atoms with Gasteiger partial charge in [-0.05, 0) is 19.3 Å². The van der Waals surface area contributed by atoms with E-state index in [1.807, 2.05) is 6.92 Å². The summed E-state index contributed by atoms with van der Waals surface area (Å²) in [4.78, 5) is 22.2. The molecule has 1 atom stereocenters. The van der Waals surface area contributed by atoms with Crippen LogP contribution in [0.15, 0.2) is 0 Å². The highest BCUT2D eigenvalue weighted by atomic mass is 16.6. The normalized spacial score (nSPS) is 11.9. The van der Waals surface area contributed by atoms with E-state index < -0.39 is 6.29 Å². The first kappa shape index (κ1) is 18.9. The topological polar surface area (TPSA) is 82.1 Å². The van der Waals surface area contributed by atoms with Crippen LogP contribution in [-0.2, 0) is 23.8 Å². The van der Waals surface area contributed by atoms with Crippen LogP contribution in [0.1, 0.15) is 51.9 Å². The predicted molar refractivity (Wildman–Crippen MR) is 72.9 cm³/mol. The summed E-state index contributed by atoms with van der Waals surface area (Å²) >= 11 is 0. The smallest absolute Gasteiger partial charge is 0.305 e. The Balaban J connectivity index is 3.42. The average Bonchev–Trinajstić information content (AvgIpc) is 2.44. The lowest BCUT2D eigenvalue weighted by molar-refractivity contribution is -0.148. The molecule has 0 saturated carbocycles. The molecule has 0 amide bonds. The van der Waals surface area contributed by atoms with Crippen molar-refractivity contribution in [1.29, 1.82) is 0 Å². The Hall–Kier alpha value is -1.14. The van der Waals surface area contributed by atoms with E-state index in [9.17, 15) is 14.7 Å². The van der Waals surface area contributed by atoms with Gasteiger partial charge in [0.25, 0.3) is 0 Å². The summed E-state index contributed by atoms with van der Waals surface area (Å²) in [7, 11) is 1.34. The van der Waals surface area contributed by atoms with Crippen LogP contribution in [-0.4, -0.2) is 43.7 Å². The number of aliphatic hydroxyl groups is 1. The van der Waals surface area contributed by atoms with Crippen LogP contribution in [0.4, 0.5) is 0 Å². The van der Waals surface area contributed by atoms with Gasteiger partial charge in [-0.3, -0.25) is 9.59 Å². The van der Waals surface area contributed by atoms with E-state index in [4.69, 9.17) is 9.47 Å². The lowest BCUT2D eigenvalue weighted by atomic mass is 10.2. The van der Waals surface area contributed by atoms with Crippen LogP contribution in [0.25, 0.3) is 0 Å². The number of esters is 2. The summed E-state index contributed by atoms with van der Waals surface area (Å²) in [5, 5.41) is 9.44. The highest BCUT2D eigenvalue weighted by molar-refractivity contribution is 5.69. The lowest BCUT2D eigenvalue weighted by Gasteiger charge is -2.11. The monoisotopic (exact) mass is 290 g/mol. The number of unbranched alkanes of at least 4 members (excludes halogenated alkanes) is 2. The van der Waals surface area contributed by atoms with E-state index in [1.165, 1.54) is 7.11 Å². The van der Waals surface area contributed by atoms with Crippen LogP contribution in [0, 0.1) is 0 Å². The Labute approximate surface area is 120 Å². The number of ether oxygens (including phenoxy) is 3. The molecule has 0 heterocycles. The van der Waals surface area contributed by atoms with Gasteiger partial charge >= 0.3 is 11.9 Å². The minimum Gasteiger partial charge on any atom is -0.469 e. The van der Waals surface area contributed by atoms with Crippen molar-refractivity contribution in [1.82, 2.24) is 0 Å². The zero-order valence-corrected chi connectivity index (χ0v) is 12.4. The van der Waals surface area contributed by atoms with Gasteiger partial charge in [0.05, 0.1) is 20.1 Å². The average molecular weight is 290 g/mol. The molecular formula is C14H26O6. The molecule has 0 radical (unpaired) electrons. The Morgan fingerprint density at radius 3 is 2.45 bits per heavy atom. The van der Waals surface area contributed by atoms with Gasteiger partial charge in [-0.2, -0.15) is 0 Å². The first-order valence-electron chi connectivity index (χ1n) is 7.12. The van der Waals surface area contributed by atoms with Crippen molar-refractivity contribution in [3.8, 4) is 0 Å². The SMILES string of the molecule is CCCCOC(O)CCC(=O)OCCCCC(=O)OC. The Bertz CT molecular complexity index is 266. The summed E-state index contributed by atoms with van der Waals surface area (Å²) in [5.74, 6) is -0.620. The summed E-state index contributed by atoms with van der Waals surface area (Å²) in [6.45, 7) is 2.82. The zero-order chi connectivity index (χ0) is 15.2. The first-order chi connectivity index (χ1) is 9.60. The van der Waals surface area contributed by atoms with Crippen LogP contribution in [0.2, 0.25) is 0 Å². The van der Waals surface area contributed by atoms with E-state index in [-0.39, 0.29) is 31.4 Å². The van der Waals surface area contributed by atoms with Gasteiger partial charge in [0.15, 0.2) is 6.29 Å². The van der Waals surface area contributed by atoms with Crippen LogP contribution in [0.5, 0.6) is 0 Å². The number of methoxy groups -OCH3 is 1. The molecule has 6 nitrogen and oxygen atoms in total. The van der Waals surface area contributed by atoms with Crippen molar-refractivity contribution in [3.63, 3.8) is 0 Å². The second kappa shape index (κ2) is 12.9. The number of aliphatic hydroxyl groups excluding tert-OH is 1. The summed E-state index contributed by atoms with van der Waals surface area (Å²) in [5.41, 5.74) is 0. The molecule has 0 aromatic heterocycles. The molecule has 0 aliphatic heterocycles. The van der Waals surface area contributed by atoms with Crippen LogP contribution in [0.3, 0.4) is 0 Å². The summed E-state index contributed by atoms with van der Waals surface area (Å²) in [6, 6.07) is 0. The van der Waals surface area contributed by atoms with Crippen molar-refractivity contribution in [2.45, 2.75) is 58.2 Å². The van der Waals surface area contributed by atoms with Gasteiger partial charge in [0.2, 0.25) is 0 Å². The third-order valence-corrected chi connectivity index (χ3v) is 2.67. The number of carbonyl (C=O) groups is 2. The second-order valence-corrected chi connectivity index (χ2v) is 4.47. The van der Waals surface area contributed by atoms with Crippen LogP contribution < -0.4 is 0 Å². The Morgan fingerprint density at radius 1 is 1.05 bits per heavy atom. The maximum atomic E-state index is 11.4. The van der Waals surface area contributed by atoms with Gasteiger partial charge in [0.1, 0.15) is 0 Å². The fourth-order valence-corrected chi connectivity index (χ4v) is 1.42. The molecule has 118 valence electrons. The van der Waals surface area contributed by atoms with Crippen molar-refractivity contribution >= 4 is 11.9 Å². The van der Waals surface area contributed by atoms with E-state index in [1.54, 1.807) is 0 Å². The summed E-state index contributed by atoms with van der Waals surface area (Å²) < 4.78 is 14.6. The van der Waals surface area contributed by atoms with Crippen molar-refractivity contribution in [2.24, 2.45) is 0 Å².